The molecule has 0 saturated carbocycles. The van der Waals surface area contributed by atoms with Gasteiger partial charge >= 0.3 is 0 Å². The highest BCUT2D eigenvalue weighted by molar-refractivity contribution is 7.98. The van der Waals surface area contributed by atoms with Crippen LogP contribution in [-0.2, 0) is 5.75 Å². The second kappa shape index (κ2) is 8.09. The number of carbonyl (C=O) groups excluding carboxylic acids is 1. The van der Waals surface area contributed by atoms with Crippen molar-refractivity contribution in [3.63, 3.8) is 0 Å². The number of nitrogens with one attached hydrogen (secondary N) is 2. The Morgan fingerprint density at radius 1 is 1.23 bits per heavy atom. The molecule has 2 aromatic carbocycles. The zero-order chi connectivity index (χ0) is 18.5. The molecule has 1 unspecified atom stereocenters. The number of benzene rings is 2. The largest absolute Gasteiger partial charge is 0.345 e. The van der Waals surface area contributed by atoms with Crippen LogP contribution in [0.3, 0.4) is 0 Å². The normalized spacial score (nSPS) is 12.0. The van der Waals surface area contributed by atoms with Crippen LogP contribution in [0.25, 0.3) is 0 Å². The molecule has 3 aromatic rings. The van der Waals surface area contributed by atoms with Gasteiger partial charge in [0.1, 0.15) is 18.0 Å². The molecule has 26 heavy (non-hydrogen) atoms. The van der Waals surface area contributed by atoms with Crippen molar-refractivity contribution in [2.75, 3.05) is 0 Å². The van der Waals surface area contributed by atoms with Crippen LogP contribution in [0.5, 0.6) is 0 Å². The summed E-state index contributed by atoms with van der Waals surface area (Å²) in [5.74, 6) is -0.967. The summed E-state index contributed by atoms with van der Waals surface area (Å²) in [6.07, 6.45) is 1.45. The number of nitrogens with zero attached hydrogens (tertiary/aromatic N) is 2. The maximum atomic E-state index is 13.8. The molecule has 5 nitrogen and oxygen atoms in total. The van der Waals surface area contributed by atoms with E-state index >= 15 is 0 Å². The van der Waals surface area contributed by atoms with Crippen molar-refractivity contribution in [3.8, 4) is 0 Å². The van der Waals surface area contributed by atoms with Crippen molar-refractivity contribution in [1.29, 1.82) is 0 Å². The summed E-state index contributed by atoms with van der Waals surface area (Å²) in [5, 5.41) is 9.98. The van der Waals surface area contributed by atoms with Gasteiger partial charge < -0.3 is 5.32 Å². The molecule has 0 fully saturated rings. The van der Waals surface area contributed by atoms with Crippen molar-refractivity contribution in [1.82, 2.24) is 20.5 Å². The van der Waals surface area contributed by atoms with E-state index in [9.17, 15) is 13.6 Å². The molecule has 0 bridgehead atoms. The van der Waals surface area contributed by atoms with E-state index in [0.29, 0.717) is 11.3 Å². The Balaban J connectivity index is 1.60. The van der Waals surface area contributed by atoms with Crippen LogP contribution in [0.15, 0.2) is 53.9 Å². The van der Waals surface area contributed by atoms with Crippen LogP contribution < -0.4 is 5.32 Å². The molecule has 0 aliphatic heterocycles. The summed E-state index contributed by atoms with van der Waals surface area (Å²) >= 11 is 1.50. The zero-order valence-electron chi connectivity index (χ0n) is 13.9. The molecule has 1 amide bonds. The number of aromatic amines is 1. The number of rotatable bonds is 6. The number of halogens is 2. The Morgan fingerprint density at radius 2 is 2.00 bits per heavy atom. The summed E-state index contributed by atoms with van der Waals surface area (Å²) in [7, 11) is 0. The summed E-state index contributed by atoms with van der Waals surface area (Å²) in [4.78, 5) is 16.4. The van der Waals surface area contributed by atoms with Gasteiger partial charge in [0.05, 0.1) is 6.04 Å². The van der Waals surface area contributed by atoms with E-state index < -0.39 is 17.7 Å². The van der Waals surface area contributed by atoms with Gasteiger partial charge in [-0.05, 0) is 30.7 Å². The highest BCUT2D eigenvalue weighted by Gasteiger charge is 2.15. The molecule has 0 radical (unpaired) electrons. The van der Waals surface area contributed by atoms with E-state index in [-0.39, 0.29) is 11.5 Å². The third-order valence-electron chi connectivity index (χ3n) is 3.76. The fourth-order valence-electron chi connectivity index (χ4n) is 2.38. The number of hydrogen-bond donors (Lipinski definition) is 2. The van der Waals surface area contributed by atoms with Crippen LogP contribution in [-0.4, -0.2) is 21.1 Å². The predicted octanol–water partition coefficient (Wildman–Crippen LogP) is 3.87. The third kappa shape index (κ3) is 4.45. The highest BCUT2D eigenvalue weighted by Crippen LogP contribution is 2.20. The monoisotopic (exact) mass is 374 g/mol. The van der Waals surface area contributed by atoms with Crippen molar-refractivity contribution in [2.24, 2.45) is 0 Å². The lowest BCUT2D eigenvalue weighted by Crippen LogP contribution is -2.27. The molecular weight excluding hydrogens is 358 g/mol. The summed E-state index contributed by atoms with van der Waals surface area (Å²) in [6, 6.07) is 9.84. The number of thioether (sulfide) groups is 1. The van der Waals surface area contributed by atoms with Gasteiger partial charge in [-0.1, -0.05) is 30.0 Å². The minimum absolute atomic E-state index is 0.236. The number of carbonyl (C=O) groups is 1. The first-order chi connectivity index (χ1) is 12.5. The lowest BCUT2D eigenvalue weighted by atomic mass is 10.1. The van der Waals surface area contributed by atoms with Crippen LogP contribution in [0.4, 0.5) is 8.78 Å². The Labute approximate surface area is 153 Å². The highest BCUT2D eigenvalue weighted by atomic mass is 32.2. The maximum absolute atomic E-state index is 13.8. The predicted molar refractivity (Wildman–Crippen MR) is 94.6 cm³/mol. The topological polar surface area (TPSA) is 70.7 Å². The van der Waals surface area contributed by atoms with Crippen LogP contribution >= 0.6 is 11.8 Å². The van der Waals surface area contributed by atoms with E-state index in [1.807, 2.05) is 12.1 Å². The molecule has 1 heterocycles. The smallest absolute Gasteiger partial charge is 0.251 e. The fourth-order valence-corrected chi connectivity index (χ4v) is 3.11. The van der Waals surface area contributed by atoms with Gasteiger partial charge in [-0.15, -0.1) is 0 Å². The number of H-pyrrole nitrogens is 1. The maximum Gasteiger partial charge on any atom is 0.251 e. The standard InChI is InChI=1S/C18H16F2N4OS/c1-11(15-7-6-14(19)8-16(15)20)23-17(25)13-4-2-12(3-5-13)9-26-18-21-10-22-24-18/h2-8,10-11H,9H2,1H3,(H,23,25)(H,21,22,24). The van der Waals surface area contributed by atoms with Crippen LogP contribution in [0, 0.1) is 11.6 Å². The van der Waals surface area contributed by atoms with Gasteiger partial charge in [0.25, 0.3) is 5.91 Å². The molecule has 1 aromatic heterocycles. The average Bonchev–Trinajstić information content (AvgIpc) is 3.13. The number of hydrogen-bond acceptors (Lipinski definition) is 4. The average molecular weight is 374 g/mol. The number of amides is 1. The lowest BCUT2D eigenvalue weighted by Gasteiger charge is -2.15. The third-order valence-corrected chi connectivity index (χ3v) is 4.71. The second-order valence-electron chi connectivity index (χ2n) is 5.64. The Morgan fingerprint density at radius 3 is 2.65 bits per heavy atom. The van der Waals surface area contributed by atoms with Gasteiger partial charge in [-0.3, -0.25) is 9.89 Å². The van der Waals surface area contributed by atoms with Gasteiger partial charge in [-0.25, -0.2) is 13.8 Å². The number of aromatic nitrogens is 3. The first kappa shape index (κ1) is 18.1. The quantitative estimate of drug-likeness (QED) is 0.643. The van der Waals surface area contributed by atoms with E-state index in [1.165, 1.54) is 30.2 Å². The zero-order valence-corrected chi connectivity index (χ0v) is 14.7. The Hall–Kier alpha value is -2.74. The molecule has 0 aliphatic carbocycles. The summed E-state index contributed by atoms with van der Waals surface area (Å²) in [6.45, 7) is 1.65. The molecule has 0 spiro atoms. The van der Waals surface area contributed by atoms with Crippen molar-refractivity contribution < 1.29 is 13.6 Å². The van der Waals surface area contributed by atoms with E-state index in [2.05, 4.69) is 20.5 Å². The molecule has 134 valence electrons. The van der Waals surface area contributed by atoms with Crippen molar-refractivity contribution in [3.05, 3.63) is 77.1 Å². The van der Waals surface area contributed by atoms with Gasteiger partial charge in [0, 0.05) is 22.9 Å². The fraction of sp³-hybridized carbons (Fsp3) is 0.167. The SMILES string of the molecule is CC(NC(=O)c1ccc(CSc2ncn[nH]2)cc1)c1ccc(F)cc1F. The van der Waals surface area contributed by atoms with Crippen molar-refractivity contribution in [2.45, 2.75) is 23.9 Å². The van der Waals surface area contributed by atoms with Crippen LogP contribution in [0.2, 0.25) is 0 Å². The lowest BCUT2D eigenvalue weighted by molar-refractivity contribution is 0.0939. The minimum atomic E-state index is -0.683. The van der Waals surface area contributed by atoms with Gasteiger partial charge in [-0.2, -0.15) is 5.10 Å². The second-order valence-corrected chi connectivity index (χ2v) is 6.60. The molecule has 8 heteroatoms. The van der Waals surface area contributed by atoms with E-state index in [1.54, 1.807) is 19.1 Å². The molecule has 0 saturated heterocycles. The first-order valence-electron chi connectivity index (χ1n) is 7.86. The molecule has 0 aliphatic rings. The van der Waals surface area contributed by atoms with Gasteiger partial charge in [0.2, 0.25) is 0 Å². The van der Waals surface area contributed by atoms with Crippen molar-refractivity contribution >= 4 is 17.7 Å². The first-order valence-corrected chi connectivity index (χ1v) is 8.84. The van der Waals surface area contributed by atoms with Gasteiger partial charge in [0.15, 0.2) is 5.16 Å². The Kier molecular flexibility index (Phi) is 5.62. The minimum Gasteiger partial charge on any atom is -0.345 e. The van der Waals surface area contributed by atoms with E-state index in [4.69, 9.17) is 0 Å². The van der Waals surface area contributed by atoms with Crippen LogP contribution in [0.1, 0.15) is 34.5 Å². The summed E-state index contributed by atoms with van der Waals surface area (Å²) in [5.41, 5.74) is 1.73. The molecule has 1 atom stereocenters. The molecule has 3 rings (SSSR count). The Bertz CT molecular complexity index is 885. The molecular formula is C18H16F2N4OS. The summed E-state index contributed by atoms with van der Waals surface area (Å²) < 4.78 is 26.8. The van der Waals surface area contributed by atoms with E-state index in [0.717, 1.165) is 16.8 Å². The molecule has 2 N–H and O–H groups in total.